The van der Waals surface area contributed by atoms with Gasteiger partial charge in [-0.3, -0.25) is 0 Å². The Morgan fingerprint density at radius 1 is 1.06 bits per heavy atom. The van der Waals surface area contributed by atoms with Gasteiger partial charge in [-0.1, -0.05) is 37.3 Å². The minimum Gasteiger partial charge on any atom is -0.373 e. The second kappa shape index (κ2) is 5.69. The summed E-state index contributed by atoms with van der Waals surface area (Å²) in [6.45, 7) is 5.23. The number of nitrogens with zero attached hydrogens (tertiary/aromatic N) is 1. The molecule has 2 nitrogen and oxygen atoms in total. The van der Waals surface area contributed by atoms with E-state index in [1.807, 2.05) is 0 Å². The molecule has 2 heteroatoms. The molecule has 0 bridgehead atoms. The van der Waals surface area contributed by atoms with Gasteiger partial charge in [-0.05, 0) is 29.4 Å². The summed E-state index contributed by atoms with van der Waals surface area (Å²) in [7, 11) is 2.14. The van der Waals surface area contributed by atoms with Crippen LogP contribution in [-0.2, 0) is 0 Å². The minimum atomic E-state index is 1.03. The number of fused-ring (bicyclic) bond motifs is 1. The number of anilines is 1. The summed E-state index contributed by atoms with van der Waals surface area (Å²) >= 11 is 0. The summed E-state index contributed by atoms with van der Waals surface area (Å²) in [6.07, 6.45) is 0. The van der Waals surface area contributed by atoms with E-state index in [4.69, 9.17) is 0 Å². The fourth-order valence-electron chi connectivity index (χ4n) is 1.97. The van der Waals surface area contributed by atoms with E-state index in [-0.39, 0.29) is 0 Å². The molecule has 2 aromatic rings. The first-order valence-electron chi connectivity index (χ1n) is 6.22. The van der Waals surface area contributed by atoms with Crippen LogP contribution in [-0.4, -0.2) is 26.7 Å². The Hall–Kier alpha value is -1.54. The van der Waals surface area contributed by atoms with E-state index < -0.39 is 0 Å². The molecule has 0 saturated carbocycles. The van der Waals surface area contributed by atoms with E-state index in [2.05, 4.69) is 66.7 Å². The van der Waals surface area contributed by atoms with Crippen molar-refractivity contribution in [1.82, 2.24) is 5.32 Å². The van der Waals surface area contributed by atoms with Crippen molar-refractivity contribution in [2.75, 3.05) is 31.6 Å². The predicted octanol–water partition coefficient (Wildman–Crippen LogP) is 2.89. The highest BCUT2D eigenvalue weighted by Gasteiger charge is 2.01. The summed E-state index contributed by atoms with van der Waals surface area (Å²) in [5.74, 6) is 0. The van der Waals surface area contributed by atoms with Crippen molar-refractivity contribution in [3.8, 4) is 0 Å². The Morgan fingerprint density at radius 3 is 2.59 bits per heavy atom. The van der Waals surface area contributed by atoms with Gasteiger partial charge in [-0.15, -0.1) is 0 Å². The summed E-state index contributed by atoms with van der Waals surface area (Å²) in [5.41, 5.74) is 1.28. The lowest BCUT2D eigenvalue weighted by Gasteiger charge is -2.19. The zero-order valence-electron chi connectivity index (χ0n) is 10.6. The van der Waals surface area contributed by atoms with Crippen LogP contribution in [0.4, 0.5) is 5.69 Å². The summed E-state index contributed by atoms with van der Waals surface area (Å²) in [4.78, 5) is 2.29. The number of nitrogens with one attached hydrogen (secondary N) is 1. The lowest BCUT2D eigenvalue weighted by Crippen LogP contribution is -2.28. The van der Waals surface area contributed by atoms with Crippen LogP contribution in [0, 0.1) is 0 Å². The van der Waals surface area contributed by atoms with Crippen LogP contribution < -0.4 is 10.2 Å². The summed E-state index contributed by atoms with van der Waals surface area (Å²) in [6, 6.07) is 15.1. The SMILES string of the molecule is CCNCCN(C)c1ccc2ccccc2c1. The molecule has 0 atom stereocenters. The van der Waals surface area contributed by atoms with Crippen molar-refractivity contribution in [3.05, 3.63) is 42.5 Å². The highest BCUT2D eigenvalue weighted by Crippen LogP contribution is 2.20. The predicted molar refractivity (Wildman–Crippen MR) is 75.8 cm³/mol. The second-order valence-electron chi connectivity index (χ2n) is 4.31. The molecule has 0 amide bonds. The highest BCUT2D eigenvalue weighted by atomic mass is 15.1. The molecule has 0 unspecified atom stereocenters. The zero-order chi connectivity index (χ0) is 12.1. The molecule has 0 aliphatic carbocycles. The number of rotatable bonds is 5. The first-order valence-corrected chi connectivity index (χ1v) is 6.22. The third-order valence-corrected chi connectivity index (χ3v) is 3.05. The van der Waals surface area contributed by atoms with Crippen LogP contribution in [0.3, 0.4) is 0 Å². The van der Waals surface area contributed by atoms with Gasteiger partial charge in [0.05, 0.1) is 0 Å². The van der Waals surface area contributed by atoms with Crippen LogP contribution in [0.15, 0.2) is 42.5 Å². The molecular weight excluding hydrogens is 208 g/mol. The fraction of sp³-hybridized carbons (Fsp3) is 0.333. The van der Waals surface area contributed by atoms with Gasteiger partial charge >= 0.3 is 0 Å². The topological polar surface area (TPSA) is 15.3 Å². The lowest BCUT2D eigenvalue weighted by atomic mass is 10.1. The van der Waals surface area contributed by atoms with Crippen LogP contribution in [0.1, 0.15) is 6.92 Å². The maximum Gasteiger partial charge on any atom is 0.0370 e. The van der Waals surface area contributed by atoms with Crippen molar-refractivity contribution in [2.45, 2.75) is 6.92 Å². The molecule has 0 heterocycles. The molecule has 0 spiro atoms. The van der Waals surface area contributed by atoms with Gasteiger partial charge in [0.25, 0.3) is 0 Å². The van der Waals surface area contributed by atoms with Gasteiger partial charge in [0.2, 0.25) is 0 Å². The van der Waals surface area contributed by atoms with Crippen molar-refractivity contribution in [1.29, 1.82) is 0 Å². The molecule has 2 rings (SSSR count). The maximum atomic E-state index is 3.34. The highest BCUT2D eigenvalue weighted by molar-refractivity contribution is 5.85. The third kappa shape index (κ3) is 2.98. The molecule has 0 aliphatic rings. The number of hydrogen-bond donors (Lipinski definition) is 1. The second-order valence-corrected chi connectivity index (χ2v) is 4.31. The molecule has 0 aliphatic heterocycles. The van der Waals surface area contributed by atoms with Gasteiger partial charge in [0, 0.05) is 25.8 Å². The van der Waals surface area contributed by atoms with Gasteiger partial charge in [-0.25, -0.2) is 0 Å². The average Bonchev–Trinajstić information content (AvgIpc) is 2.38. The van der Waals surface area contributed by atoms with Crippen LogP contribution in [0.25, 0.3) is 10.8 Å². The third-order valence-electron chi connectivity index (χ3n) is 3.05. The quantitative estimate of drug-likeness (QED) is 0.792. The molecule has 0 aromatic heterocycles. The van der Waals surface area contributed by atoms with Crippen LogP contribution in [0.2, 0.25) is 0 Å². The van der Waals surface area contributed by atoms with Crippen molar-refractivity contribution >= 4 is 16.5 Å². The zero-order valence-corrected chi connectivity index (χ0v) is 10.6. The van der Waals surface area contributed by atoms with E-state index in [0.29, 0.717) is 0 Å². The van der Waals surface area contributed by atoms with E-state index >= 15 is 0 Å². The standard InChI is InChI=1S/C15H20N2/c1-3-16-10-11-17(2)15-9-8-13-6-4-5-7-14(13)12-15/h4-9,12,16H,3,10-11H2,1-2H3. The molecular formula is C15H20N2. The molecule has 0 radical (unpaired) electrons. The molecule has 1 N–H and O–H groups in total. The van der Waals surface area contributed by atoms with Crippen LogP contribution >= 0.6 is 0 Å². The fourth-order valence-corrected chi connectivity index (χ4v) is 1.97. The van der Waals surface area contributed by atoms with Crippen LogP contribution in [0.5, 0.6) is 0 Å². The largest absolute Gasteiger partial charge is 0.373 e. The van der Waals surface area contributed by atoms with Crippen molar-refractivity contribution in [3.63, 3.8) is 0 Å². The van der Waals surface area contributed by atoms with Crippen molar-refractivity contribution < 1.29 is 0 Å². The molecule has 0 saturated heterocycles. The average molecular weight is 228 g/mol. The first kappa shape index (κ1) is 11.9. The Kier molecular flexibility index (Phi) is 3.99. The Balaban J connectivity index is 2.12. The van der Waals surface area contributed by atoms with Gasteiger partial charge < -0.3 is 10.2 Å². The number of hydrogen-bond acceptors (Lipinski definition) is 2. The van der Waals surface area contributed by atoms with E-state index in [9.17, 15) is 0 Å². The van der Waals surface area contributed by atoms with E-state index in [0.717, 1.165) is 19.6 Å². The Bertz CT molecular complexity index is 479. The number of benzene rings is 2. The lowest BCUT2D eigenvalue weighted by molar-refractivity contribution is 0.706. The normalized spacial score (nSPS) is 10.7. The first-order chi connectivity index (χ1) is 8.31. The van der Waals surface area contributed by atoms with E-state index in [1.54, 1.807) is 0 Å². The molecule has 0 fully saturated rings. The van der Waals surface area contributed by atoms with Crippen molar-refractivity contribution in [2.24, 2.45) is 0 Å². The number of likely N-dealkylation sites (N-methyl/N-ethyl adjacent to an activating group) is 2. The summed E-state index contributed by atoms with van der Waals surface area (Å²) in [5, 5.41) is 5.95. The smallest absolute Gasteiger partial charge is 0.0370 e. The van der Waals surface area contributed by atoms with E-state index in [1.165, 1.54) is 16.5 Å². The molecule has 2 aromatic carbocycles. The molecule has 90 valence electrons. The maximum absolute atomic E-state index is 3.34. The Morgan fingerprint density at radius 2 is 1.82 bits per heavy atom. The van der Waals surface area contributed by atoms with Gasteiger partial charge in [-0.2, -0.15) is 0 Å². The summed E-state index contributed by atoms with van der Waals surface area (Å²) < 4.78 is 0. The Labute approximate surface area is 103 Å². The van der Waals surface area contributed by atoms with Gasteiger partial charge in [0.15, 0.2) is 0 Å². The van der Waals surface area contributed by atoms with Gasteiger partial charge in [0.1, 0.15) is 0 Å². The minimum absolute atomic E-state index is 1.03. The molecule has 17 heavy (non-hydrogen) atoms. The monoisotopic (exact) mass is 228 g/mol.